The average Bonchev–Trinajstić information content (AvgIpc) is 2.38. The maximum Gasteiger partial charge on any atom is 0.124 e. The minimum Gasteiger partial charge on any atom is -0.496 e. The third-order valence-corrected chi connectivity index (χ3v) is 3.85. The molecule has 1 atom stereocenters. The highest BCUT2D eigenvalue weighted by molar-refractivity contribution is 6.22. The van der Waals surface area contributed by atoms with Crippen molar-refractivity contribution < 1.29 is 4.74 Å². The van der Waals surface area contributed by atoms with Crippen LogP contribution in [0.1, 0.15) is 33.2 Å². The van der Waals surface area contributed by atoms with Crippen LogP contribution >= 0.6 is 11.6 Å². The maximum absolute atomic E-state index is 6.58. The second-order valence-electron chi connectivity index (χ2n) is 4.96. The van der Waals surface area contributed by atoms with E-state index in [9.17, 15) is 0 Å². The number of halogens is 1. The maximum atomic E-state index is 6.58. The Morgan fingerprint density at radius 2 is 1.42 bits per heavy atom. The Hall–Kier alpha value is -1.47. The molecule has 1 unspecified atom stereocenters. The second kappa shape index (κ2) is 5.66. The summed E-state index contributed by atoms with van der Waals surface area (Å²) < 4.78 is 5.39. The topological polar surface area (TPSA) is 9.23 Å². The molecule has 2 rings (SSSR count). The molecule has 2 aromatic rings. The number of aryl methyl sites for hydroxylation is 3. The summed E-state index contributed by atoms with van der Waals surface area (Å²) >= 11 is 6.58. The van der Waals surface area contributed by atoms with Crippen LogP contribution in [-0.2, 0) is 0 Å². The minimum atomic E-state index is -0.121. The zero-order valence-electron chi connectivity index (χ0n) is 11.8. The molecule has 0 amide bonds. The van der Waals surface area contributed by atoms with Crippen molar-refractivity contribution >= 4 is 11.6 Å². The van der Waals surface area contributed by atoms with Crippen LogP contribution in [0.25, 0.3) is 0 Å². The molecule has 0 saturated heterocycles. The summed E-state index contributed by atoms with van der Waals surface area (Å²) in [6, 6.07) is 12.6. The molecule has 0 aliphatic heterocycles. The molecular formula is C17H19ClO. The molecule has 0 fully saturated rings. The monoisotopic (exact) mass is 274 g/mol. The highest BCUT2D eigenvalue weighted by atomic mass is 35.5. The van der Waals surface area contributed by atoms with E-state index in [2.05, 4.69) is 43.3 Å². The summed E-state index contributed by atoms with van der Waals surface area (Å²) in [4.78, 5) is 0. The molecule has 0 aliphatic rings. The van der Waals surface area contributed by atoms with E-state index in [1.807, 2.05) is 13.8 Å². The van der Waals surface area contributed by atoms with Crippen LogP contribution in [0.15, 0.2) is 36.4 Å². The Morgan fingerprint density at radius 1 is 0.895 bits per heavy atom. The highest BCUT2D eigenvalue weighted by Gasteiger charge is 2.14. The first kappa shape index (κ1) is 14.0. The van der Waals surface area contributed by atoms with Gasteiger partial charge in [-0.3, -0.25) is 0 Å². The molecule has 0 N–H and O–H groups in total. The number of rotatable bonds is 3. The molecule has 2 aromatic carbocycles. The van der Waals surface area contributed by atoms with E-state index in [1.54, 1.807) is 7.11 Å². The fraction of sp³-hybridized carbons (Fsp3) is 0.294. The lowest BCUT2D eigenvalue weighted by Crippen LogP contribution is -1.98. The Morgan fingerprint density at radius 3 is 1.89 bits per heavy atom. The van der Waals surface area contributed by atoms with Gasteiger partial charge in [0.05, 0.1) is 12.5 Å². The van der Waals surface area contributed by atoms with E-state index in [0.717, 1.165) is 28.0 Å². The van der Waals surface area contributed by atoms with Crippen LogP contribution < -0.4 is 4.74 Å². The van der Waals surface area contributed by atoms with Gasteiger partial charge in [-0.05, 0) is 43.0 Å². The lowest BCUT2D eigenvalue weighted by Gasteiger charge is -2.15. The van der Waals surface area contributed by atoms with Crippen molar-refractivity contribution in [3.63, 3.8) is 0 Å². The predicted molar refractivity (Wildman–Crippen MR) is 81.3 cm³/mol. The Balaban J connectivity index is 2.39. The molecular weight excluding hydrogens is 256 g/mol. The molecule has 0 spiro atoms. The van der Waals surface area contributed by atoms with Gasteiger partial charge in [0.2, 0.25) is 0 Å². The SMILES string of the molecule is COc1c(C)cc(C(Cl)c2ccc(C)cc2)cc1C. The average molecular weight is 275 g/mol. The van der Waals surface area contributed by atoms with E-state index in [0.29, 0.717) is 0 Å². The van der Waals surface area contributed by atoms with Crippen LogP contribution in [0.5, 0.6) is 5.75 Å². The summed E-state index contributed by atoms with van der Waals surface area (Å²) in [7, 11) is 1.70. The van der Waals surface area contributed by atoms with E-state index >= 15 is 0 Å². The second-order valence-corrected chi connectivity index (χ2v) is 5.40. The molecule has 0 heterocycles. The molecule has 0 bridgehead atoms. The van der Waals surface area contributed by atoms with Crippen molar-refractivity contribution in [3.8, 4) is 5.75 Å². The van der Waals surface area contributed by atoms with Gasteiger partial charge in [0.25, 0.3) is 0 Å². The molecule has 100 valence electrons. The molecule has 19 heavy (non-hydrogen) atoms. The Labute approximate surface area is 120 Å². The summed E-state index contributed by atoms with van der Waals surface area (Å²) in [5.74, 6) is 0.941. The fourth-order valence-corrected chi connectivity index (χ4v) is 2.65. The molecule has 0 saturated carbocycles. The first-order valence-corrected chi connectivity index (χ1v) is 6.82. The van der Waals surface area contributed by atoms with Crippen LogP contribution in [0, 0.1) is 20.8 Å². The standard InChI is InChI=1S/C17H19ClO/c1-11-5-7-14(8-6-11)16(18)15-9-12(2)17(19-4)13(3)10-15/h5-10,16H,1-4H3. The van der Waals surface area contributed by atoms with Gasteiger partial charge in [0.15, 0.2) is 0 Å². The van der Waals surface area contributed by atoms with Crippen molar-refractivity contribution in [2.75, 3.05) is 7.11 Å². The van der Waals surface area contributed by atoms with E-state index in [4.69, 9.17) is 16.3 Å². The highest BCUT2D eigenvalue weighted by Crippen LogP contribution is 2.33. The van der Waals surface area contributed by atoms with Gasteiger partial charge >= 0.3 is 0 Å². The minimum absolute atomic E-state index is 0.121. The van der Waals surface area contributed by atoms with E-state index in [1.165, 1.54) is 5.56 Å². The number of methoxy groups -OCH3 is 1. The molecule has 0 radical (unpaired) electrons. The van der Waals surface area contributed by atoms with Crippen LogP contribution in [-0.4, -0.2) is 7.11 Å². The lowest BCUT2D eigenvalue weighted by molar-refractivity contribution is 0.408. The first-order valence-electron chi connectivity index (χ1n) is 6.38. The lowest BCUT2D eigenvalue weighted by atomic mass is 9.99. The normalized spacial score (nSPS) is 12.3. The van der Waals surface area contributed by atoms with Gasteiger partial charge < -0.3 is 4.74 Å². The molecule has 0 aromatic heterocycles. The number of hydrogen-bond donors (Lipinski definition) is 0. The summed E-state index contributed by atoms with van der Waals surface area (Å²) in [5.41, 5.74) is 5.72. The zero-order valence-corrected chi connectivity index (χ0v) is 12.6. The van der Waals surface area contributed by atoms with Crippen molar-refractivity contribution in [2.24, 2.45) is 0 Å². The summed E-state index contributed by atoms with van der Waals surface area (Å²) in [6.07, 6.45) is 0. The van der Waals surface area contributed by atoms with Gasteiger partial charge in [-0.15, -0.1) is 11.6 Å². The van der Waals surface area contributed by atoms with Gasteiger partial charge in [0, 0.05) is 0 Å². The number of benzene rings is 2. The number of ether oxygens (including phenoxy) is 1. The van der Waals surface area contributed by atoms with Crippen molar-refractivity contribution in [1.82, 2.24) is 0 Å². The Kier molecular flexibility index (Phi) is 4.16. The van der Waals surface area contributed by atoms with E-state index < -0.39 is 0 Å². The summed E-state index contributed by atoms with van der Waals surface area (Å²) in [5, 5.41) is -0.121. The molecule has 0 aliphatic carbocycles. The smallest absolute Gasteiger partial charge is 0.124 e. The quantitative estimate of drug-likeness (QED) is 0.720. The van der Waals surface area contributed by atoms with Crippen molar-refractivity contribution in [1.29, 1.82) is 0 Å². The molecule has 2 heteroatoms. The van der Waals surface area contributed by atoms with E-state index in [-0.39, 0.29) is 5.38 Å². The number of hydrogen-bond acceptors (Lipinski definition) is 1. The van der Waals surface area contributed by atoms with Crippen LogP contribution in [0.3, 0.4) is 0 Å². The predicted octanol–water partition coefficient (Wildman–Crippen LogP) is 4.95. The largest absolute Gasteiger partial charge is 0.496 e. The van der Waals surface area contributed by atoms with Crippen LogP contribution in [0.4, 0.5) is 0 Å². The van der Waals surface area contributed by atoms with Crippen LogP contribution in [0.2, 0.25) is 0 Å². The van der Waals surface area contributed by atoms with Gasteiger partial charge in [-0.2, -0.15) is 0 Å². The van der Waals surface area contributed by atoms with Crippen molar-refractivity contribution in [2.45, 2.75) is 26.1 Å². The van der Waals surface area contributed by atoms with Gasteiger partial charge in [-0.1, -0.05) is 42.0 Å². The third kappa shape index (κ3) is 2.93. The number of alkyl halides is 1. The molecule has 1 nitrogen and oxygen atoms in total. The fourth-order valence-electron chi connectivity index (χ4n) is 2.38. The van der Waals surface area contributed by atoms with Gasteiger partial charge in [0.1, 0.15) is 5.75 Å². The van der Waals surface area contributed by atoms with Crippen molar-refractivity contribution in [3.05, 3.63) is 64.2 Å². The summed E-state index contributed by atoms with van der Waals surface area (Å²) in [6.45, 7) is 6.18. The first-order chi connectivity index (χ1) is 9.02. The van der Waals surface area contributed by atoms with Gasteiger partial charge in [-0.25, -0.2) is 0 Å². The Bertz CT molecular complexity index is 549. The zero-order chi connectivity index (χ0) is 14.0. The third-order valence-electron chi connectivity index (χ3n) is 3.35.